The molecule has 0 amide bonds. The highest BCUT2D eigenvalue weighted by Crippen LogP contribution is 2.61. The molecule has 0 aromatic carbocycles. The Bertz CT molecular complexity index is 245. The van der Waals surface area contributed by atoms with E-state index in [0.29, 0.717) is 6.42 Å². The van der Waals surface area contributed by atoms with Gasteiger partial charge >= 0.3 is 15.2 Å². The first kappa shape index (κ1) is 13.3. The minimum absolute atomic E-state index is 0.148. The van der Waals surface area contributed by atoms with Gasteiger partial charge < -0.3 is 24.3 Å². The van der Waals surface area contributed by atoms with Crippen molar-refractivity contribution < 1.29 is 33.4 Å². The van der Waals surface area contributed by atoms with Gasteiger partial charge in [-0.25, -0.2) is 0 Å². The number of aliphatic hydroxyl groups excluding tert-OH is 1. The molecule has 0 aliphatic rings. The molecular weight excluding hydrogens is 222 g/mol. The zero-order valence-corrected chi connectivity index (χ0v) is 8.69. The van der Waals surface area contributed by atoms with Gasteiger partial charge in [0.05, 0.1) is 6.61 Å². The highest BCUT2D eigenvalue weighted by Gasteiger charge is 2.43. The lowest BCUT2D eigenvalue weighted by atomic mass is 10.5. The molecule has 13 heavy (non-hydrogen) atoms. The van der Waals surface area contributed by atoms with Crippen molar-refractivity contribution in [3.05, 3.63) is 0 Å². The molecule has 0 aromatic heterocycles. The lowest BCUT2D eigenvalue weighted by Gasteiger charge is -2.18. The molecule has 0 saturated heterocycles. The SMILES string of the molecule is CCCOP(=O)(O)C(O)P(=O)(O)O. The minimum Gasteiger partial charge on any atom is -0.370 e. The van der Waals surface area contributed by atoms with Crippen LogP contribution in [0.15, 0.2) is 0 Å². The van der Waals surface area contributed by atoms with Crippen LogP contribution in [-0.4, -0.2) is 32.0 Å². The maximum Gasteiger partial charge on any atom is 0.368 e. The molecule has 4 N–H and O–H groups in total. The molecule has 0 aliphatic carbocycles. The lowest BCUT2D eigenvalue weighted by Crippen LogP contribution is -2.10. The number of aliphatic hydroxyl groups is 1. The van der Waals surface area contributed by atoms with Crippen LogP contribution in [-0.2, 0) is 13.7 Å². The van der Waals surface area contributed by atoms with Gasteiger partial charge in [-0.15, -0.1) is 0 Å². The van der Waals surface area contributed by atoms with Gasteiger partial charge in [0.2, 0.25) is 0 Å². The van der Waals surface area contributed by atoms with E-state index in [2.05, 4.69) is 4.52 Å². The van der Waals surface area contributed by atoms with Crippen LogP contribution in [0.2, 0.25) is 0 Å². The Labute approximate surface area is 75.1 Å². The van der Waals surface area contributed by atoms with Gasteiger partial charge in [0.15, 0.2) is 0 Å². The van der Waals surface area contributed by atoms with E-state index in [4.69, 9.17) is 19.8 Å². The first-order valence-corrected chi connectivity index (χ1v) is 6.75. The van der Waals surface area contributed by atoms with Crippen molar-refractivity contribution in [2.24, 2.45) is 0 Å². The van der Waals surface area contributed by atoms with Gasteiger partial charge in [-0.2, -0.15) is 0 Å². The van der Waals surface area contributed by atoms with E-state index in [9.17, 15) is 9.13 Å². The Morgan fingerprint density at radius 2 is 1.77 bits per heavy atom. The fourth-order valence-corrected chi connectivity index (χ4v) is 2.78. The normalized spacial score (nSPS) is 19.5. The van der Waals surface area contributed by atoms with Gasteiger partial charge in [-0.05, 0) is 6.42 Å². The molecule has 0 aromatic rings. The van der Waals surface area contributed by atoms with Crippen molar-refractivity contribution in [1.82, 2.24) is 0 Å². The smallest absolute Gasteiger partial charge is 0.368 e. The van der Waals surface area contributed by atoms with Gasteiger partial charge in [0.1, 0.15) is 0 Å². The van der Waals surface area contributed by atoms with Crippen molar-refractivity contribution in [2.45, 2.75) is 18.9 Å². The Morgan fingerprint density at radius 3 is 2.08 bits per heavy atom. The Balaban J connectivity index is 4.46. The van der Waals surface area contributed by atoms with Crippen LogP contribution in [0.3, 0.4) is 0 Å². The number of hydrogen-bond donors (Lipinski definition) is 4. The zero-order valence-electron chi connectivity index (χ0n) is 6.90. The molecule has 7 nitrogen and oxygen atoms in total. The van der Waals surface area contributed by atoms with Crippen LogP contribution < -0.4 is 0 Å². The van der Waals surface area contributed by atoms with Crippen molar-refractivity contribution >= 4 is 15.2 Å². The Hall–Kier alpha value is 0.260. The van der Waals surface area contributed by atoms with Crippen molar-refractivity contribution in [2.75, 3.05) is 6.61 Å². The van der Waals surface area contributed by atoms with Crippen LogP contribution in [0.5, 0.6) is 0 Å². The highest BCUT2D eigenvalue weighted by atomic mass is 31.2. The Morgan fingerprint density at radius 1 is 1.31 bits per heavy atom. The van der Waals surface area contributed by atoms with Crippen molar-refractivity contribution in [3.63, 3.8) is 0 Å². The minimum atomic E-state index is -5.00. The quantitative estimate of drug-likeness (QED) is 0.495. The standard InChI is InChI=1S/C4H12O7P2/c1-2-3-11-13(9,10)4(5)12(6,7)8/h4-5H,2-3H2,1H3,(H,9,10)(H2,6,7,8). The summed E-state index contributed by atoms with van der Waals surface area (Å²) in [6.45, 7) is 1.49. The Kier molecular flexibility index (Phi) is 4.76. The summed E-state index contributed by atoms with van der Waals surface area (Å²) < 4.78 is 25.5. The average Bonchev–Trinajstić information content (AvgIpc) is 1.98. The summed E-state index contributed by atoms with van der Waals surface area (Å²) in [7, 11) is -9.63. The van der Waals surface area contributed by atoms with Gasteiger partial charge in [0, 0.05) is 0 Å². The van der Waals surface area contributed by atoms with Crippen LogP contribution in [0.1, 0.15) is 13.3 Å². The van der Waals surface area contributed by atoms with Crippen molar-refractivity contribution in [1.29, 1.82) is 0 Å². The summed E-state index contributed by atoms with van der Waals surface area (Å²) in [5.41, 5.74) is -2.66. The molecule has 0 fully saturated rings. The molecule has 80 valence electrons. The highest BCUT2D eigenvalue weighted by molar-refractivity contribution is 7.70. The predicted octanol–water partition coefficient (Wildman–Crippen LogP) is 0.0520. The van der Waals surface area contributed by atoms with E-state index in [-0.39, 0.29) is 6.61 Å². The molecule has 0 saturated carbocycles. The van der Waals surface area contributed by atoms with Crippen LogP contribution in [0.4, 0.5) is 0 Å². The summed E-state index contributed by atoms with van der Waals surface area (Å²) in [4.78, 5) is 25.6. The third-order valence-corrected chi connectivity index (χ3v) is 4.59. The van der Waals surface area contributed by atoms with Crippen LogP contribution >= 0.6 is 15.2 Å². The lowest BCUT2D eigenvalue weighted by molar-refractivity contribution is 0.188. The zero-order chi connectivity index (χ0) is 10.7. The van der Waals surface area contributed by atoms with Crippen LogP contribution in [0, 0.1) is 0 Å². The molecule has 0 radical (unpaired) electrons. The van der Waals surface area contributed by atoms with Gasteiger partial charge in [-0.1, -0.05) is 6.92 Å². The average molecular weight is 234 g/mol. The topological polar surface area (TPSA) is 124 Å². The summed E-state index contributed by atoms with van der Waals surface area (Å²) in [6.07, 6.45) is 0.401. The summed E-state index contributed by atoms with van der Waals surface area (Å²) in [6, 6.07) is 0. The fraction of sp³-hybridized carbons (Fsp3) is 1.00. The molecule has 2 atom stereocenters. The molecule has 0 spiro atoms. The summed E-state index contributed by atoms with van der Waals surface area (Å²) in [5, 5.41) is 8.74. The second-order valence-electron chi connectivity index (χ2n) is 2.33. The van der Waals surface area contributed by atoms with Crippen molar-refractivity contribution in [3.8, 4) is 0 Å². The number of hydrogen-bond acceptors (Lipinski definition) is 4. The van der Waals surface area contributed by atoms with E-state index in [1.165, 1.54) is 0 Å². The van der Waals surface area contributed by atoms with Gasteiger partial charge in [-0.3, -0.25) is 9.13 Å². The third kappa shape index (κ3) is 4.33. The molecule has 0 heterocycles. The first-order valence-electron chi connectivity index (χ1n) is 3.42. The van der Waals surface area contributed by atoms with Crippen LogP contribution in [0.25, 0.3) is 0 Å². The number of rotatable bonds is 5. The van der Waals surface area contributed by atoms with E-state index in [1.807, 2.05) is 0 Å². The second-order valence-corrected chi connectivity index (χ2v) is 6.28. The molecule has 2 unspecified atom stereocenters. The summed E-state index contributed by atoms with van der Waals surface area (Å²) >= 11 is 0. The third-order valence-electron chi connectivity index (χ3n) is 1.07. The molecule has 0 rings (SSSR count). The van der Waals surface area contributed by atoms with E-state index in [0.717, 1.165) is 0 Å². The van der Waals surface area contributed by atoms with E-state index < -0.39 is 20.8 Å². The molecule has 0 aliphatic heterocycles. The summed E-state index contributed by atoms with van der Waals surface area (Å²) in [5.74, 6) is 0. The van der Waals surface area contributed by atoms with E-state index in [1.54, 1.807) is 6.92 Å². The first-order chi connectivity index (χ1) is 5.72. The predicted molar refractivity (Wildman–Crippen MR) is 44.1 cm³/mol. The van der Waals surface area contributed by atoms with E-state index >= 15 is 0 Å². The maximum atomic E-state index is 10.9. The van der Waals surface area contributed by atoms with Gasteiger partial charge in [0.25, 0.3) is 5.59 Å². The second kappa shape index (κ2) is 4.66. The molecule has 0 bridgehead atoms. The molecule has 9 heteroatoms. The fourth-order valence-electron chi connectivity index (χ4n) is 0.479. The maximum absolute atomic E-state index is 10.9. The monoisotopic (exact) mass is 234 g/mol. The molecular formula is C4H12O7P2. The largest absolute Gasteiger partial charge is 0.370 e.